The fourth-order valence-electron chi connectivity index (χ4n) is 2.81. The predicted molar refractivity (Wildman–Crippen MR) is 81.8 cm³/mol. The van der Waals surface area contributed by atoms with E-state index in [-0.39, 0.29) is 18.0 Å². The summed E-state index contributed by atoms with van der Waals surface area (Å²) in [4.78, 5) is 14.8. The molecule has 5 heteroatoms. The molecule has 1 unspecified atom stereocenters. The van der Waals surface area contributed by atoms with Crippen molar-refractivity contribution in [3.05, 3.63) is 18.0 Å². The SMILES string of the molecule is CC(CN1CCCC1)NC(=O)c1cc(N)cn1C(C)C. The van der Waals surface area contributed by atoms with Crippen LogP contribution in [-0.4, -0.2) is 41.1 Å². The van der Waals surface area contributed by atoms with Crippen LogP contribution in [0.25, 0.3) is 0 Å². The second-order valence-electron chi connectivity index (χ2n) is 6.04. The molecule has 1 saturated heterocycles. The summed E-state index contributed by atoms with van der Waals surface area (Å²) >= 11 is 0. The van der Waals surface area contributed by atoms with Crippen LogP contribution in [0.4, 0.5) is 5.69 Å². The van der Waals surface area contributed by atoms with Gasteiger partial charge in [-0.05, 0) is 52.8 Å². The smallest absolute Gasteiger partial charge is 0.268 e. The van der Waals surface area contributed by atoms with Gasteiger partial charge >= 0.3 is 0 Å². The number of hydrogen-bond donors (Lipinski definition) is 2. The molecule has 0 aliphatic carbocycles. The summed E-state index contributed by atoms with van der Waals surface area (Å²) in [7, 11) is 0. The molecule has 3 N–H and O–H groups in total. The summed E-state index contributed by atoms with van der Waals surface area (Å²) in [5, 5.41) is 3.07. The number of nitrogens with two attached hydrogens (primary N) is 1. The molecule has 1 amide bonds. The van der Waals surface area contributed by atoms with Crippen LogP contribution in [0.3, 0.4) is 0 Å². The third-order valence-corrected chi connectivity index (χ3v) is 3.77. The Hall–Kier alpha value is -1.49. The van der Waals surface area contributed by atoms with Crippen LogP contribution in [0, 0.1) is 0 Å². The molecule has 1 aliphatic rings. The predicted octanol–water partition coefficient (Wildman–Crippen LogP) is 1.87. The lowest BCUT2D eigenvalue weighted by Gasteiger charge is -2.21. The van der Waals surface area contributed by atoms with Crippen LogP contribution in [0.15, 0.2) is 12.3 Å². The van der Waals surface area contributed by atoms with E-state index in [1.54, 1.807) is 6.07 Å². The van der Waals surface area contributed by atoms with Crippen molar-refractivity contribution in [1.82, 2.24) is 14.8 Å². The zero-order valence-electron chi connectivity index (χ0n) is 12.7. The van der Waals surface area contributed by atoms with Crippen molar-refractivity contribution in [1.29, 1.82) is 0 Å². The van der Waals surface area contributed by atoms with Gasteiger partial charge in [0, 0.05) is 24.8 Å². The molecule has 1 atom stereocenters. The van der Waals surface area contributed by atoms with Crippen LogP contribution < -0.4 is 11.1 Å². The van der Waals surface area contributed by atoms with E-state index in [4.69, 9.17) is 5.73 Å². The van der Waals surface area contributed by atoms with E-state index >= 15 is 0 Å². The lowest BCUT2D eigenvalue weighted by atomic mass is 10.2. The highest BCUT2D eigenvalue weighted by Gasteiger charge is 2.19. The Bertz CT molecular complexity index is 460. The van der Waals surface area contributed by atoms with Gasteiger partial charge in [-0.1, -0.05) is 0 Å². The third-order valence-electron chi connectivity index (χ3n) is 3.77. The van der Waals surface area contributed by atoms with E-state index < -0.39 is 0 Å². The molecule has 2 heterocycles. The van der Waals surface area contributed by atoms with Gasteiger partial charge in [0.2, 0.25) is 0 Å². The van der Waals surface area contributed by atoms with Gasteiger partial charge in [0.05, 0.1) is 5.69 Å². The van der Waals surface area contributed by atoms with Crippen LogP contribution in [0.5, 0.6) is 0 Å². The van der Waals surface area contributed by atoms with E-state index in [1.165, 1.54) is 12.8 Å². The highest BCUT2D eigenvalue weighted by molar-refractivity contribution is 5.94. The number of nitrogen functional groups attached to an aromatic ring is 1. The molecule has 112 valence electrons. The Morgan fingerprint density at radius 3 is 2.60 bits per heavy atom. The molecule has 20 heavy (non-hydrogen) atoms. The molecule has 0 saturated carbocycles. The summed E-state index contributed by atoms with van der Waals surface area (Å²) < 4.78 is 1.92. The van der Waals surface area contributed by atoms with Crippen molar-refractivity contribution in [2.45, 2.75) is 45.7 Å². The first-order chi connectivity index (χ1) is 9.47. The first kappa shape index (κ1) is 14.9. The van der Waals surface area contributed by atoms with Gasteiger partial charge < -0.3 is 20.5 Å². The molecule has 0 radical (unpaired) electrons. The van der Waals surface area contributed by atoms with Crippen molar-refractivity contribution >= 4 is 11.6 Å². The maximum atomic E-state index is 12.4. The van der Waals surface area contributed by atoms with Crippen LogP contribution >= 0.6 is 0 Å². The van der Waals surface area contributed by atoms with Crippen molar-refractivity contribution < 1.29 is 4.79 Å². The number of aromatic nitrogens is 1. The molecule has 1 aromatic rings. The topological polar surface area (TPSA) is 63.3 Å². The minimum Gasteiger partial charge on any atom is -0.397 e. The monoisotopic (exact) mass is 278 g/mol. The molecule has 1 fully saturated rings. The number of rotatable bonds is 5. The number of amides is 1. The average molecular weight is 278 g/mol. The molecular weight excluding hydrogens is 252 g/mol. The minimum atomic E-state index is -0.0397. The van der Waals surface area contributed by atoms with Gasteiger partial charge in [0.1, 0.15) is 5.69 Å². The summed E-state index contributed by atoms with van der Waals surface area (Å²) in [6.45, 7) is 9.37. The lowest BCUT2D eigenvalue weighted by molar-refractivity contribution is 0.0921. The zero-order valence-corrected chi connectivity index (χ0v) is 12.7. The standard InChI is InChI=1S/C15H26N4O/c1-11(2)19-10-13(16)8-14(19)15(20)17-12(3)9-18-6-4-5-7-18/h8,10-12H,4-7,9,16H2,1-3H3,(H,17,20). The van der Waals surface area contributed by atoms with Gasteiger partial charge in [0.25, 0.3) is 5.91 Å². The van der Waals surface area contributed by atoms with Crippen molar-refractivity contribution in [2.75, 3.05) is 25.4 Å². The highest BCUT2D eigenvalue weighted by Crippen LogP contribution is 2.16. The second-order valence-corrected chi connectivity index (χ2v) is 6.04. The summed E-state index contributed by atoms with van der Waals surface area (Å²) in [6, 6.07) is 2.12. The van der Waals surface area contributed by atoms with Gasteiger partial charge in [0.15, 0.2) is 0 Å². The molecule has 1 aliphatic heterocycles. The normalized spacial score (nSPS) is 17.6. The number of carbonyl (C=O) groups is 1. The summed E-state index contributed by atoms with van der Waals surface area (Å²) in [5.74, 6) is -0.0397. The van der Waals surface area contributed by atoms with Crippen LogP contribution in [0.1, 0.15) is 50.1 Å². The Balaban J connectivity index is 1.96. The quantitative estimate of drug-likeness (QED) is 0.864. The molecule has 5 nitrogen and oxygen atoms in total. The third kappa shape index (κ3) is 3.54. The van der Waals surface area contributed by atoms with E-state index in [0.29, 0.717) is 11.4 Å². The summed E-state index contributed by atoms with van der Waals surface area (Å²) in [6.07, 6.45) is 4.37. The van der Waals surface area contributed by atoms with E-state index in [9.17, 15) is 4.79 Å². The Kier molecular flexibility index (Phi) is 4.70. The highest BCUT2D eigenvalue weighted by atomic mass is 16.2. The van der Waals surface area contributed by atoms with E-state index in [1.807, 2.05) is 24.6 Å². The van der Waals surface area contributed by atoms with E-state index in [2.05, 4.69) is 17.1 Å². The van der Waals surface area contributed by atoms with Gasteiger partial charge in [-0.15, -0.1) is 0 Å². The van der Waals surface area contributed by atoms with Crippen LogP contribution in [-0.2, 0) is 0 Å². The number of likely N-dealkylation sites (tertiary alicyclic amines) is 1. The van der Waals surface area contributed by atoms with Gasteiger partial charge in [-0.3, -0.25) is 4.79 Å². The number of carbonyl (C=O) groups excluding carboxylic acids is 1. The molecule has 0 aromatic carbocycles. The second kappa shape index (κ2) is 6.31. The van der Waals surface area contributed by atoms with E-state index in [0.717, 1.165) is 19.6 Å². The number of nitrogens with zero attached hydrogens (tertiary/aromatic N) is 2. The lowest BCUT2D eigenvalue weighted by Crippen LogP contribution is -2.41. The molecule has 1 aromatic heterocycles. The largest absolute Gasteiger partial charge is 0.397 e. The molecular formula is C15H26N4O. The number of nitrogens with one attached hydrogen (secondary N) is 1. The maximum absolute atomic E-state index is 12.4. The number of anilines is 1. The summed E-state index contributed by atoms with van der Waals surface area (Å²) in [5.41, 5.74) is 7.09. The fourth-order valence-corrected chi connectivity index (χ4v) is 2.81. The van der Waals surface area contributed by atoms with Crippen molar-refractivity contribution in [3.8, 4) is 0 Å². The first-order valence-electron chi connectivity index (χ1n) is 7.48. The Morgan fingerprint density at radius 1 is 1.35 bits per heavy atom. The zero-order chi connectivity index (χ0) is 14.7. The average Bonchev–Trinajstić information content (AvgIpc) is 2.97. The fraction of sp³-hybridized carbons (Fsp3) is 0.667. The van der Waals surface area contributed by atoms with Crippen molar-refractivity contribution in [3.63, 3.8) is 0 Å². The maximum Gasteiger partial charge on any atom is 0.268 e. The first-order valence-corrected chi connectivity index (χ1v) is 7.48. The molecule has 2 rings (SSSR count). The van der Waals surface area contributed by atoms with Crippen LogP contribution in [0.2, 0.25) is 0 Å². The molecule has 0 spiro atoms. The van der Waals surface area contributed by atoms with Gasteiger partial charge in [-0.25, -0.2) is 0 Å². The Morgan fingerprint density at radius 2 is 2.00 bits per heavy atom. The van der Waals surface area contributed by atoms with Gasteiger partial charge in [-0.2, -0.15) is 0 Å². The number of hydrogen-bond acceptors (Lipinski definition) is 3. The van der Waals surface area contributed by atoms with Crippen molar-refractivity contribution in [2.24, 2.45) is 0 Å². The molecule has 0 bridgehead atoms. The minimum absolute atomic E-state index is 0.0397. The Labute approximate surface area is 121 Å².